The highest BCUT2D eigenvalue weighted by Gasteiger charge is 2.20. The summed E-state index contributed by atoms with van der Waals surface area (Å²) in [6.45, 7) is 9.08. The number of hydrogen-bond donors (Lipinski definition) is 1. The van der Waals surface area contributed by atoms with Crippen LogP contribution in [0.25, 0.3) is 0 Å². The van der Waals surface area contributed by atoms with Gasteiger partial charge in [0.05, 0.1) is 0 Å². The molecule has 2 aliphatic heterocycles. The van der Waals surface area contributed by atoms with Gasteiger partial charge in [-0.15, -0.1) is 0 Å². The number of nitrogens with one attached hydrogen (secondary N) is 1. The molecule has 0 spiro atoms. The van der Waals surface area contributed by atoms with E-state index >= 15 is 0 Å². The Bertz CT molecular complexity index is 502. The van der Waals surface area contributed by atoms with Crippen molar-refractivity contribution in [3.05, 3.63) is 24.3 Å². The number of carbonyl (C=O) groups is 1. The van der Waals surface area contributed by atoms with Gasteiger partial charge in [-0.05, 0) is 50.1 Å². The molecule has 0 bridgehead atoms. The van der Waals surface area contributed by atoms with Crippen LogP contribution >= 0.6 is 0 Å². The van der Waals surface area contributed by atoms with Crippen LogP contribution in [0.1, 0.15) is 26.2 Å². The van der Waals surface area contributed by atoms with Crippen molar-refractivity contribution >= 4 is 17.4 Å². The van der Waals surface area contributed by atoms with E-state index in [-0.39, 0.29) is 6.03 Å². The minimum absolute atomic E-state index is 0.0199. The Morgan fingerprint density at radius 2 is 1.61 bits per heavy atom. The number of amides is 2. The van der Waals surface area contributed by atoms with Crippen molar-refractivity contribution < 1.29 is 4.79 Å². The topological polar surface area (TPSA) is 38.8 Å². The molecule has 5 nitrogen and oxygen atoms in total. The number of hydrogen-bond acceptors (Lipinski definition) is 3. The first-order chi connectivity index (χ1) is 11.3. The van der Waals surface area contributed by atoms with Crippen molar-refractivity contribution in [3.63, 3.8) is 0 Å². The molecule has 1 N–H and O–H groups in total. The lowest BCUT2D eigenvalue weighted by atomic mass is 10.1. The van der Waals surface area contributed by atoms with Crippen molar-refractivity contribution in [1.29, 1.82) is 0 Å². The van der Waals surface area contributed by atoms with E-state index in [0.29, 0.717) is 0 Å². The molecule has 0 unspecified atom stereocenters. The van der Waals surface area contributed by atoms with Gasteiger partial charge < -0.3 is 20.0 Å². The quantitative estimate of drug-likeness (QED) is 0.932. The lowest BCUT2D eigenvalue weighted by molar-refractivity contribution is 0.151. The molecule has 0 aliphatic carbocycles. The maximum Gasteiger partial charge on any atom is 0.321 e. The summed E-state index contributed by atoms with van der Waals surface area (Å²) < 4.78 is 0. The van der Waals surface area contributed by atoms with Gasteiger partial charge in [-0.3, -0.25) is 0 Å². The van der Waals surface area contributed by atoms with Crippen LogP contribution < -0.4 is 10.2 Å². The SMILES string of the molecule is CCN1CCN(C(=O)Nc2ccc(N3CCCCC3)cc2)CC1. The van der Waals surface area contributed by atoms with Crippen LogP contribution in [0.2, 0.25) is 0 Å². The zero-order valence-electron chi connectivity index (χ0n) is 14.1. The fourth-order valence-corrected chi connectivity index (χ4v) is 3.38. The number of urea groups is 1. The lowest BCUT2D eigenvalue weighted by Crippen LogP contribution is -2.49. The molecule has 2 aliphatic rings. The third-order valence-corrected chi connectivity index (χ3v) is 4.95. The highest BCUT2D eigenvalue weighted by Crippen LogP contribution is 2.22. The number of nitrogens with zero attached hydrogens (tertiary/aromatic N) is 3. The van der Waals surface area contributed by atoms with E-state index in [4.69, 9.17) is 0 Å². The van der Waals surface area contributed by atoms with E-state index in [0.717, 1.165) is 51.5 Å². The summed E-state index contributed by atoms with van der Waals surface area (Å²) in [5.41, 5.74) is 2.15. The molecule has 0 radical (unpaired) electrons. The zero-order valence-corrected chi connectivity index (χ0v) is 14.1. The largest absolute Gasteiger partial charge is 0.372 e. The second-order valence-electron chi connectivity index (χ2n) is 6.45. The van der Waals surface area contributed by atoms with E-state index in [1.807, 2.05) is 17.0 Å². The predicted octanol–water partition coefficient (Wildman–Crippen LogP) is 2.85. The number of benzene rings is 1. The summed E-state index contributed by atoms with van der Waals surface area (Å²) in [4.78, 5) is 19.0. The maximum absolute atomic E-state index is 12.3. The third kappa shape index (κ3) is 4.16. The van der Waals surface area contributed by atoms with E-state index in [1.165, 1.54) is 24.9 Å². The van der Waals surface area contributed by atoms with Crippen LogP contribution in [0, 0.1) is 0 Å². The molecule has 2 fully saturated rings. The van der Waals surface area contributed by atoms with Gasteiger partial charge in [-0.25, -0.2) is 4.79 Å². The van der Waals surface area contributed by atoms with Crippen LogP contribution in [0.4, 0.5) is 16.2 Å². The predicted molar refractivity (Wildman–Crippen MR) is 95.2 cm³/mol. The monoisotopic (exact) mass is 316 g/mol. The van der Waals surface area contributed by atoms with Gasteiger partial charge in [-0.1, -0.05) is 6.92 Å². The molecule has 5 heteroatoms. The average molecular weight is 316 g/mol. The Labute approximate surface area is 139 Å². The minimum Gasteiger partial charge on any atom is -0.372 e. The molecule has 1 aromatic carbocycles. The van der Waals surface area contributed by atoms with Gasteiger partial charge in [0.15, 0.2) is 0 Å². The fraction of sp³-hybridized carbons (Fsp3) is 0.611. The zero-order chi connectivity index (χ0) is 16.1. The molecule has 0 aromatic heterocycles. The van der Waals surface area contributed by atoms with Gasteiger partial charge in [0.1, 0.15) is 0 Å². The highest BCUT2D eigenvalue weighted by molar-refractivity contribution is 5.89. The van der Waals surface area contributed by atoms with Crippen LogP contribution in [0.3, 0.4) is 0 Å². The van der Waals surface area contributed by atoms with Crippen molar-refractivity contribution in [2.45, 2.75) is 26.2 Å². The standard InChI is InChI=1S/C18H28N4O/c1-2-20-12-14-22(15-13-20)18(23)19-16-6-8-17(9-7-16)21-10-4-3-5-11-21/h6-9H,2-5,10-15H2,1H3,(H,19,23). The Hall–Kier alpha value is -1.75. The summed E-state index contributed by atoms with van der Waals surface area (Å²) in [6.07, 6.45) is 3.90. The summed E-state index contributed by atoms with van der Waals surface area (Å²) in [6, 6.07) is 8.30. The second-order valence-corrected chi connectivity index (χ2v) is 6.45. The van der Waals surface area contributed by atoms with E-state index < -0.39 is 0 Å². The molecule has 3 rings (SSSR count). The fourth-order valence-electron chi connectivity index (χ4n) is 3.38. The van der Waals surface area contributed by atoms with Crippen molar-refractivity contribution in [2.24, 2.45) is 0 Å². The normalized spacial score (nSPS) is 19.7. The van der Waals surface area contributed by atoms with Crippen LogP contribution in [0.15, 0.2) is 24.3 Å². The first kappa shape index (κ1) is 16.1. The molecule has 1 aromatic rings. The average Bonchev–Trinajstić information content (AvgIpc) is 2.63. The lowest BCUT2D eigenvalue weighted by Gasteiger charge is -2.34. The number of piperazine rings is 1. The molecule has 2 saturated heterocycles. The Balaban J connectivity index is 1.52. The summed E-state index contributed by atoms with van der Waals surface area (Å²) in [5, 5.41) is 3.02. The van der Waals surface area contributed by atoms with Gasteiger partial charge in [0.25, 0.3) is 0 Å². The Morgan fingerprint density at radius 1 is 0.957 bits per heavy atom. The molecular weight excluding hydrogens is 288 g/mol. The van der Waals surface area contributed by atoms with E-state index in [1.54, 1.807) is 0 Å². The number of rotatable bonds is 3. The molecule has 2 amide bonds. The Morgan fingerprint density at radius 3 is 2.22 bits per heavy atom. The molecular formula is C18H28N4O. The minimum atomic E-state index is 0.0199. The summed E-state index contributed by atoms with van der Waals surface area (Å²) in [5.74, 6) is 0. The third-order valence-electron chi connectivity index (χ3n) is 4.95. The summed E-state index contributed by atoms with van der Waals surface area (Å²) >= 11 is 0. The smallest absolute Gasteiger partial charge is 0.321 e. The van der Waals surface area contributed by atoms with Gasteiger partial charge in [0, 0.05) is 50.6 Å². The molecule has 126 valence electrons. The van der Waals surface area contributed by atoms with Gasteiger partial charge in [0.2, 0.25) is 0 Å². The summed E-state index contributed by atoms with van der Waals surface area (Å²) in [7, 11) is 0. The second kappa shape index (κ2) is 7.68. The van der Waals surface area contributed by atoms with Crippen LogP contribution in [-0.4, -0.2) is 61.6 Å². The number of anilines is 2. The molecule has 0 saturated carbocycles. The number of carbonyl (C=O) groups excluding carboxylic acids is 1. The highest BCUT2D eigenvalue weighted by atomic mass is 16.2. The molecule has 23 heavy (non-hydrogen) atoms. The van der Waals surface area contributed by atoms with Crippen molar-refractivity contribution in [3.8, 4) is 0 Å². The first-order valence-corrected chi connectivity index (χ1v) is 8.89. The van der Waals surface area contributed by atoms with Gasteiger partial charge in [-0.2, -0.15) is 0 Å². The van der Waals surface area contributed by atoms with Gasteiger partial charge >= 0.3 is 6.03 Å². The maximum atomic E-state index is 12.3. The molecule has 0 atom stereocenters. The van der Waals surface area contributed by atoms with Crippen molar-refractivity contribution in [1.82, 2.24) is 9.80 Å². The van der Waals surface area contributed by atoms with E-state index in [2.05, 4.69) is 34.2 Å². The van der Waals surface area contributed by atoms with Crippen LogP contribution in [0.5, 0.6) is 0 Å². The molecule has 2 heterocycles. The van der Waals surface area contributed by atoms with Crippen LogP contribution in [-0.2, 0) is 0 Å². The Kier molecular flexibility index (Phi) is 5.39. The van der Waals surface area contributed by atoms with E-state index in [9.17, 15) is 4.79 Å². The number of piperidine rings is 1. The first-order valence-electron chi connectivity index (χ1n) is 8.89. The van der Waals surface area contributed by atoms with Crippen molar-refractivity contribution in [2.75, 3.05) is 56.0 Å². The number of likely N-dealkylation sites (N-methyl/N-ethyl adjacent to an activating group) is 1.